The third kappa shape index (κ3) is 3.53. The van der Waals surface area contributed by atoms with Crippen molar-refractivity contribution >= 4 is 26.9 Å². The molecule has 0 bridgehead atoms. The zero-order chi connectivity index (χ0) is 18.0. The van der Waals surface area contributed by atoms with Crippen molar-refractivity contribution in [1.29, 1.82) is 0 Å². The molecule has 2 aromatic heterocycles. The van der Waals surface area contributed by atoms with Gasteiger partial charge in [-0.25, -0.2) is 18.4 Å². The number of carbonyl (C=O) groups excluding carboxylic acids is 1. The van der Waals surface area contributed by atoms with Crippen molar-refractivity contribution in [1.82, 2.24) is 20.3 Å². The van der Waals surface area contributed by atoms with Crippen LogP contribution in [-0.2, 0) is 9.84 Å². The summed E-state index contributed by atoms with van der Waals surface area (Å²) < 4.78 is 23.5. The van der Waals surface area contributed by atoms with Crippen molar-refractivity contribution in [3.8, 4) is 11.3 Å². The number of benzene rings is 1. The maximum absolute atomic E-state index is 12.2. The Labute approximate surface area is 145 Å². The first-order chi connectivity index (χ1) is 11.9. The summed E-state index contributed by atoms with van der Waals surface area (Å²) in [6.45, 7) is 2.55. The second-order valence-electron chi connectivity index (χ2n) is 5.71. The Morgan fingerprint density at radius 1 is 1.32 bits per heavy atom. The molecular formula is C17H18N4O3S. The van der Waals surface area contributed by atoms with Gasteiger partial charge in [-0.15, -0.1) is 0 Å². The highest BCUT2D eigenvalue weighted by Crippen LogP contribution is 2.23. The lowest BCUT2D eigenvalue weighted by atomic mass is 10.1. The fourth-order valence-electron chi connectivity index (χ4n) is 2.42. The van der Waals surface area contributed by atoms with Crippen LogP contribution in [-0.4, -0.2) is 42.1 Å². The van der Waals surface area contributed by atoms with E-state index in [0.29, 0.717) is 34.5 Å². The Balaban J connectivity index is 2.05. The van der Waals surface area contributed by atoms with E-state index in [9.17, 15) is 13.2 Å². The highest BCUT2D eigenvalue weighted by Gasteiger charge is 2.15. The molecule has 8 heteroatoms. The summed E-state index contributed by atoms with van der Waals surface area (Å²) in [5.41, 5.74) is 2.50. The summed E-state index contributed by atoms with van der Waals surface area (Å²) in [5.74, 6) is -0.218. The van der Waals surface area contributed by atoms with Crippen molar-refractivity contribution in [2.24, 2.45) is 0 Å². The number of amides is 1. The monoisotopic (exact) mass is 358 g/mol. The van der Waals surface area contributed by atoms with Crippen molar-refractivity contribution in [2.75, 3.05) is 12.8 Å². The molecule has 0 aliphatic heterocycles. The van der Waals surface area contributed by atoms with Crippen LogP contribution in [0.2, 0.25) is 0 Å². The van der Waals surface area contributed by atoms with Gasteiger partial charge in [0.15, 0.2) is 15.5 Å². The third-order valence-corrected chi connectivity index (χ3v) is 4.83. The van der Waals surface area contributed by atoms with Gasteiger partial charge in [-0.3, -0.25) is 4.79 Å². The molecule has 0 radical (unpaired) electrons. The molecule has 0 atom stereocenters. The van der Waals surface area contributed by atoms with E-state index in [1.54, 1.807) is 30.6 Å². The molecule has 130 valence electrons. The smallest absolute Gasteiger partial charge is 0.255 e. The van der Waals surface area contributed by atoms with Crippen LogP contribution < -0.4 is 5.32 Å². The van der Waals surface area contributed by atoms with Crippen LogP contribution in [0, 0.1) is 0 Å². The van der Waals surface area contributed by atoms with Crippen LogP contribution >= 0.6 is 0 Å². The third-order valence-electron chi connectivity index (χ3n) is 3.72. The van der Waals surface area contributed by atoms with Gasteiger partial charge in [0.2, 0.25) is 0 Å². The van der Waals surface area contributed by atoms with Crippen LogP contribution in [0.5, 0.6) is 0 Å². The molecule has 1 amide bonds. The van der Waals surface area contributed by atoms with Gasteiger partial charge in [-0.05, 0) is 18.6 Å². The van der Waals surface area contributed by atoms with Gasteiger partial charge in [0.25, 0.3) is 5.91 Å². The maximum atomic E-state index is 12.2. The van der Waals surface area contributed by atoms with Crippen LogP contribution in [0.1, 0.15) is 23.7 Å². The minimum atomic E-state index is -3.32. The van der Waals surface area contributed by atoms with Gasteiger partial charge in [0, 0.05) is 24.6 Å². The predicted molar refractivity (Wildman–Crippen MR) is 95.1 cm³/mol. The van der Waals surface area contributed by atoms with E-state index in [0.717, 1.165) is 12.7 Å². The number of aromatic nitrogens is 3. The Morgan fingerprint density at radius 3 is 2.84 bits per heavy atom. The molecule has 25 heavy (non-hydrogen) atoms. The lowest BCUT2D eigenvalue weighted by Crippen LogP contribution is -2.23. The molecule has 2 heterocycles. The van der Waals surface area contributed by atoms with E-state index in [4.69, 9.17) is 0 Å². The molecule has 0 aliphatic rings. The highest BCUT2D eigenvalue weighted by molar-refractivity contribution is 7.90. The lowest BCUT2D eigenvalue weighted by molar-refractivity contribution is 0.0955. The van der Waals surface area contributed by atoms with Crippen molar-refractivity contribution < 1.29 is 13.2 Å². The average Bonchev–Trinajstić information content (AvgIpc) is 3.02. The summed E-state index contributed by atoms with van der Waals surface area (Å²) in [6.07, 6.45) is 5.12. The van der Waals surface area contributed by atoms with E-state index in [1.807, 2.05) is 6.92 Å². The first-order valence-corrected chi connectivity index (χ1v) is 9.72. The molecule has 3 rings (SSSR count). The van der Waals surface area contributed by atoms with Crippen LogP contribution in [0.4, 0.5) is 0 Å². The second-order valence-corrected chi connectivity index (χ2v) is 7.73. The first-order valence-electron chi connectivity index (χ1n) is 7.83. The number of hydrogen-bond acceptors (Lipinski definition) is 5. The maximum Gasteiger partial charge on any atom is 0.255 e. The normalized spacial score (nSPS) is 11.6. The Morgan fingerprint density at radius 2 is 2.12 bits per heavy atom. The molecule has 1 aromatic carbocycles. The van der Waals surface area contributed by atoms with Crippen molar-refractivity contribution in [3.63, 3.8) is 0 Å². The lowest BCUT2D eigenvalue weighted by Gasteiger charge is -2.05. The van der Waals surface area contributed by atoms with Gasteiger partial charge in [0.05, 0.1) is 22.3 Å². The molecule has 0 spiro atoms. The van der Waals surface area contributed by atoms with Crippen LogP contribution in [0.3, 0.4) is 0 Å². The molecule has 0 saturated carbocycles. The SMILES string of the molecule is CCCNC(=O)c1c[nH]c2ncc(-c3cccc(S(C)(=O)=O)c3)nc12. The van der Waals surface area contributed by atoms with Gasteiger partial charge < -0.3 is 10.3 Å². The molecule has 7 nitrogen and oxygen atoms in total. The van der Waals surface area contributed by atoms with E-state index < -0.39 is 9.84 Å². The second kappa shape index (κ2) is 6.64. The number of carbonyl (C=O) groups is 1. The molecule has 2 N–H and O–H groups in total. The molecular weight excluding hydrogens is 340 g/mol. The number of fused-ring (bicyclic) bond motifs is 1. The Hall–Kier alpha value is -2.74. The summed E-state index contributed by atoms with van der Waals surface area (Å²) >= 11 is 0. The number of rotatable bonds is 5. The summed E-state index contributed by atoms with van der Waals surface area (Å²) in [7, 11) is -3.32. The minimum Gasteiger partial charge on any atom is -0.352 e. The van der Waals surface area contributed by atoms with Crippen molar-refractivity contribution in [2.45, 2.75) is 18.2 Å². The standard InChI is InChI=1S/C17H18N4O3S/c1-3-7-18-17(22)13-9-19-16-15(13)21-14(10-20-16)11-5-4-6-12(8-11)25(2,23)24/h4-6,8-10H,3,7H2,1-2H3,(H,18,22)(H,19,20). The Kier molecular flexibility index (Phi) is 4.54. The number of sulfone groups is 1. The fraction of sp³-hybridized carbons (Fsp3) is 0.235. The summed E-state index contributed by atoms with van der Waals surface area (Å²) in [6, 6.07) is 6.50. The van der Waals surface area contributed by atoms with E-state index in [-0.39, 0.29) is 10.8 Å². The summed E-state index contributed by atoms with van der Waals surface area (Å²) in [5, 5.41) is 2.81. The van der Waals surface area contributed by atoms with E-state index in [2.05, 4.69) is 20.3 Å². The predicted octanol–water partition coefficient (Wildman–Crippen LogP) is 2.17. The van der Waals surface area contributed by atoms with Gasteiger partial charge >= 0.3 is 0 Å². The molecule has 0 aliphatic carbocycles. The van der Waals surface area contributed by atoms with Gasteiger partial charge in [0.1, 0.15) is 5.52 Å². The Bertz CT molecular complexity index is 1040. The molecule has 0 fully saturated rings. The number of nitrogens with one attached hydrogen (secondary N) is 2. The van der Waals surface area contributed by atoms with Crippen LogP contribution in [0.15, 0.2) is 41.6 Å². The number of H-pyrrole nitrogens is 1. The number of hydrogen-bond donors (Lipinski definition) is 2. The zero-order valence-electron chi connectivity index (χ0n) is 13.9. The quantitative estimate of drug-likeness (QED) is 0.727. The average molecular weight is 358 g/mol. The first kappa shape index (κ1) is 17.1. The van der Waals surface area contributed by atoms with Gasteiger partial charge in [-0.2, -0.15) is 0 Å². The highest BCUT2D eigenvalue weighted by atomic mass is 32.2. The number of nitrogens with zero attached hydrogens (tertiary/aromatic N) is 2. The van der Waals surface area contributed by atoms with E-state index >= 15 is 0 Å². The van der Waals surface area contributed by atoms with Crippen molar-refractivity contribution in [3.05, 3.63) is 42.2 Å². The molecule has 0 unspecified atom stereocenters. The van der Waals surface area contributed by atoms with E-state index in [1.165, 1.54) is 6.07 Å². The van der Waals surface area contributed by atoms with Crippen LogP contribution in [0.25, 0.3) is 22.4 Å². The number of aromatic amines is 1. The van der Waals surface area contributed by atoms with Gasteiger partial charge in [-0.1, -0.05) is 19.1 Å². The summed E-state index contributed by atoms with van der Waals surface area (Å²) in [4.78, 5) is 24.2. The largest absolute Gasteiger partial charge is 0.352 e. The fourth-order valence-corrected chi connectivity index (χ4v) is 3.09. The molecule has 3 aromatic rings. The zero-order valence-corrected chi connectivity index (χ0v) is 14.7. The topological polar surface area (TPSA) is 105 Å². The molecule has 0 saturated heterocycles. The minimum absolute atomic E-state index is 0.210.